The first-order valence-corrected chi connectivity index (χ1v) is 8.34. The van der Waals surface area contributed by atoms with Crippen LogP contribution < -0.4 is 10.1 Å². The van der Waals surface area contributed by atoms with Crippen molar-refractivity contribution in [3.8, 4) is 5.75 Å². The molecule has 0 aromatic heterocycles. The minimum absolute atomic E-state index is 0.793. The fourth-order valence-corrected chi connectivity index (χ4v) is 3.79. The number of rotatable bonds is 4. The predicted molar refractivity (Wildman–Crippen MR) is 96.4 cm³/mol. The van der Waals surface area contributed by atoms with Crippen molar-refractivity contribution in [2.75, 3.05) is 12.4 Å². The number of benzene rings is 2. The molecule has 0 aliphatic heterocycles. The molecule has 2 aromatic carbocycles. The highest BCUT2D eigenvalue weighted by molar-refractivity contribution is 9.11. The van der Waals surface area contributed by atoms with E-state index in [1.165, 1.54) is 22.3 Å². The van der Waals surface area contributed by atoms with E-state index in [2.05, 4.69) is 70.1 Å². The third-order valence-electron chi connectivity index (χ3n) is 3.54. The Balaban J connectivity index is 2.25. The second-order valence-corrected chi connectivity index (χ2v) is 6.91. The molecule has 4 heteroatoms. The van der Waals surface area contributed by atoms with Gasteiger partial charge in [0.2, 0.25) is 0 Å². The molecule has 0 amide bonds. The van der Waals surface area contributed by atoms with Crippen LogP contribution in [0.15, 0.2) is 33.2 Å². The largest absolute Gasteiger partial charge is 0.495 e. The average molecular weight is 413 g/mol. The fraction of sp³-hybridized carbons (Fsp3) is 0.294. The number of aryl methyl sites for hydroxylation is 3. The lowest BCUT2D eigenvalue weighted by Gasteiger charge is -2.15. The smallest absolute Gasteiger partial charge is 0.135 e. The van der Waals surface area contributed by atoms with Crippen LogP contribution in [0.5, 0.6) is 5.75 Å². The SMILES string of the molecule is COc1cc(NCc2c(C)cc(C)cc2C)c(Br)cc1Br. The van der Waals surface area contributed by atoms with E-state index in [0.29, 0.717) is 0 Å². The first-order chi connectivity index (χ1) is 9.92. The number of anilines is 1. The standard InChI is InChI=1S/C17H19Br2NO/c1-10-5-11(2)13(12(3)6-10)9-20-16-8-17(21-4)15(19)7-14(16)18/h5-8,20H,9H2,1-4H3. The Morgan fingerprint density at radius 1 is 0.952 bits per heavy atom. The van der Waals surface area contributed by atoms with Crippen molar-refractivity contribution >= 4 is 37.5 Å². The molecule has 0 aliphatic rings. The van der Waals surface area contributed by atoms with Gasteiger partial charge in [0, 0.05) is 17.1 Å². The van der Waals surface area contributed by atoms with Gasteiger partial charge in [0.05, 0.1) is 17.3 Å². The number of hydrogen-bond acceptors (Lipinski definition) is 2. The van der Waals surface area contributed by atoms with Gasteiger partial charge in [0.25, 0.3) is 0 Å². The molecule has 0 saturated heterocycles. The number of nitrogens with one attached hydrogen (secondary N) is 1. The molecule has 2 rings (SSSR count). The Labute approximate surface area is 143 Å². The van der Waals surface area contributed by atoms with Crippen molar-refractivity contribution in [1.82, 2.24) is 0 Å². The van der Waals surface area contributed by atoms with E-state index in [9.17, 15) is 0 Å². The molecule has 21 heavy (non-hydrogen) atoms. The molecule has 0 saturated carbocycles. The molecule has 2 nitrogen and oxygen atoms in total. The topological polar surface area (TPSA) is 21.3 Å². The lowest BCUT2D eigenvalue weighted by atomic mass is 10.00. The summed E-state index contributed by atoms with van der Waals surface area (Å²) in [5.41, 5.74) is 6.31. The summed E-state index contributed by atoms with van der Waals surface area (Å²) < 4.78 is 7.30. The van der Waals surface area contributed by atoms with Gasteiger partial charge in [-0.15, -0.1) is 0 Å². The molecule has 0 bridgehead atoms. The lowest BCUT2D eigenvalue weighted by Crippen LogP contribution is -2.05. The maximum Gasteiger partial charge on any atom is 0.135 e. The molecule has 0 spiro atoms. The van der Waals surface area contributed by atoms with Crippen molar-refractivity contribution < 1.29 is 4.74 Å². The second kappa shape index (κ2) is 6.84. The Morgan fingerprint density at radius 2 is 1.57 bits per heavy atom. The zero-order valence-corrected chi connectivity index (χ0v) is 15.9. The zero-order chi connectivity index (χ0) is 15.6. The summed E-state index contributed by atoms with van der Waals surface area (Å²) in [6.07, 6.45) is 0. The summed E-state index contributed by atoms with van der Waals surface area (Å²) in [5, 5.41) is 3.48. The summed E-state index contributed by atoms with van der Waals surface area (Å²) >= 11 is 7.07. The summed E-state index contributed by atoms with van der Waals surface area (Å²) in [6.45, 7) is 7.25. The number of hydrogen-bond donors (Lipinski definition) is 1. The molecule has 0 aliphatic carbocycles. The molecule has 1 N–H and O–H groups in total. The predicted octanol–water partition coefficient (Wildman–Crippen LogP) is 5.76. The fourth-order valence-electron chi connectivity index (χ4n) is 2.49. The highest BCUT2D eigenvalue weighted by Gasteiger charge is 2.09. The normalized spacial score (nSPS) is 10.6. The summed E-state index contributed by atoms with van der Waals surface area (Å²) in [7, 11) is 1.67. The Hall–Kier alpha value is -1.000. The van der Waals surface area contributed by atoms with Crippen LogP contribution in [0, 0.1) is 20.8 Å². The van der Waals surface area contributed by atoms with E-state index in [-0.39, 0.29) is 0 Å². The van der Waals surface area contributed by atoms with E-state index in [4.69, 9.17) is 4.74 Å². The van der Waals surface area contributed by atoms with E-state index in [1.54, 1.807) is 7.11 Å². The van der Waals surface area contributed by atoms with Crippen molar-refractivity contribution in [3.05, 3.63) is 55.5 Å². The molecular formula is C17H19Br2NO. The Morgan fingerprint density at radius 3 is 2.14 bits per heavy atom. The molecule has 0 heterocycles. The van der Waals surface area contributed by atoms with Crippen molar-refractivity contribution in [2.45, 2.75) is 27.3 Å². The number of methoxy groups -OCH3 is 1. The van der Waals surface area contributed by atoms with Crippen LogP contribution >= 0.6 is 31.9 Å². The van der Waals surface area contributed by atoms with E-state index in [0.717, 1.165) is 26.9 Å². The van der Waals surface area contributed by atoms with Gasteiger partial charge in [-0.2, -0.15) is 0 Å². The van der Waals surface area contributed by atoms with Gasteiger partial charge in [-0.05, 0) is 75.4 Å². The van der Waals surface area contributed by atoms with Crippen LogP contribution in [0.4, 0.5) is 5.69 Å². The molecule has 0 unspecified atom stereocenters. The average Bonchev–Trinajstić information content (AvgIpc) is 2.39. The molecule has 0 radical (unpaired) electrons. The first kappa shape index (κ1) is 16.4. The van der Waals surface area contributed by atoms with Crippen LogP contribution in [0.2, 0.25) is 0 Å². The molecule has 0 atom stereocenters. The minimum atomic E-state index is 0.793. The first-order valence-electron chi connectivity index (χ1n) is 6.76. The van der Waals surface area contributed by atoms with Gasteiger partial charge in [-0.25, -0.2) is 0 Å². The summed E-state index contributed by atoms with van der Waals surface area (Å²) in [5.74, 6) is 0.818. The third-order valence-corrected chi connectivity index (χ3v) is 4.81. The van der Waals surface area contributed by atoms with E-state index in [1.807, 2.05) is 12.1 Å². The third kappa shape index (κ3) is 3.80. The van der Waals surface area contributed by atoms with Crippen molar-refractivity contribution in [2.24, 2.45) is 0 Å². The van der Waals surface area contributed by atoms with E-state index < -0.39 is 0 Å². The second-order valence-electron chi connectivity index (χ2n) is 5.20. The molecule has 2 aromatic rings. The summed E-state index contributed by atoms with van der Waals surface area (Å²) in [6, 6.07) is 8.44. The molecule has 0 fully saturated rings. The summed E-state index contributed by atoms with van der Waals surface area (Å²) in [4.78, 5) is 0. The van der Waals surface area contributed by atoms with Crippen LogP contribution in [0.25, 0.3) is 0 Å². The lowest BCUT2D eigenvalue weighted by molar-refractivity contribution is 0.412. The van der Waals surface area contributed by atoms with Gasteiger partial charge in [0.1, 0.15) is 5.75 Å². The highest BCUT2D eigenvalue weighted by atomic mass is 79.9. The van der Waals surface area contributed by atoms with Gasteiger partial charge in [-0.3, -0.25) is 0 Å². The van der Waals surface area contributed by atoms with Gasteiger partial charge in [0.15, 0.2) is 0 Å². The van der Waals surface area contributed by atoms with E-state index >= 15 is 0 Å². The minimum Gasteiger partial charge on any atom is -0.495 e. The number of halogens is 2. The van der Waals surface area contributed by atoms with Crippen molar-refractivity contribution in [1.29, 1.82) is 0 Å². The van der Waals surface area contributed by atoms with Crippen LogP contribution in [-0.2, 0) is 6.54 Å². The maximum atomic E-state index is 5.35. The zero-order valence-electron chi connectivity index (χ0n) is 12.7. The van der Waals surface area contributed by atoms with Gasteiger partial charge in [-0.1, -0.05) is 17.7 Å². The Kier molecular flexibility index (Phi) is 5.33. The Bertz CT molecular complexity index is 645. The van der Waals surface area contributed by atoms with Crippen LogP contribution in [-0.4, -0.2) is 7.11 Å². The molecule has 112 valence electrons. The van der Waals surface area contributed by atoms with Gasteiger partial charge >= 0.3 is 0 Å². The van der Waals surface area contributed by atoms with Crippen LogP contribution in [0.1, 0.15) is 22.3 Å². The number of ether oxygens (including phenoxy) is 1. The highest BCUT2D eigenvalue weighted by Crippen LogP contribution is 2.35. The van der Waals surface area contributed by atoms with Gasteiger partial charge < -0.3 is 10.1 Å². The van der Waals surface area contributed by atoms with Crippen molar-refractivity contribution in [3.63, 3.8) is 0 Å². The molecular weight excluding hydrogens is 394 g/mol. The van der Waals surface area contributed by atoms with Crippen LogP contribution in [0.3, 0.4) is 0 Å². The monoisotopic (exact) mass is 411 g/mol. The maximum absolute atomic E-state index is 5.35. The quantitative estimate of drug-likeness (QED) is 0.689.